The van der Waals surface area contributed by atoms with Crippen LogP contribution in [-0.4, -0.2) is 29.5 Å². The second kappa shape index (κ2) is 10.2. The molecule has 174 valence electrons. The maximum absolute atomic E-state index is 13.3. The highest BCUT2D eigenvalue weighted by Gasteiger charge is 2.18. The number of rotatable bonds is 7. The van der Waals surface area contributed by atoms with Crippen molar-refractivity contribution in [2.75, 3.05) is 19.5 Å². The number of methoxy groups -OCH3 is 2. The minimum atomic E-state index is -0.718. The summed E-state index contributed by atoms with van der Waals surface area (Å²) >= 11 is 0. The molecule has 4 aromatic rings. The average molecular weight is 468 g/mol. The number of hydrogen-bond acceptors (Lipinski definition) is 7. The topological polar surface area (TPSA) is 115 Å². The number of hydrogen-bond donors (Lipinski definition) is 1. The Hall–Kier alpha value is -5.10. The minimum Gasteiger partial charge on any atom is -0.497 e. The van der Waals surface area contributed by atoms with Crippen molar-refractivity contribution in [1.82, 2.24) is 9.38 Å². The number of ether oxygens (including phenoxy) is 3. The maximum Gasteiger partial charge on any atom is 0.269 e. The first kappa shape index (κ1) is 23.1. The number of pyridine rings is 1. The molecule has 2 aromatic carbocycles. The van der Waals surface area contributed by atoms with Gasteiger partial charge in [0.1, 0.15) is 40.1 Å². The van der Waals surface area contributed by atoms with Crippen LogP contribution >= 0.6 is 0 Å². The summed E-state index contributed by atoms with van der Waals surface area (Å²) in [6, 6.07) is 20.4. The van der Waals surface area contributed by atoms with Crippen LogP contribution < -0.4 is 25.1 Å². The van der Waals surface area contributed by atoms with E-state index in [1.165, 1.54) is 17.6 Å². The second-order valence-electron chi connectivity index (χ2n) is 7.17. The van der Waals surface area contributed by atoms with E-state index in [1.807, 2.05) is 6.07 Å². The Labute approximate surface area is 200 Å². The predicted molar refractivity (Wildman–Crippen MR) is 130 cm³/mol. The monoisotopic (exact) mass is 468 g/mol. The lowest BCUT2D eigenvalue weighted by molar-refractivity contribution is -0.112. The van der Waals surface area contributed by atoms with Crippen LogP contribution in [0.3, 0.4) is 0 Å². The van der Waals surface area contributed by atoms with Crippen molar-refractivity contribution in [3.63, 3.8) is 0 Å². The lowest BCUT2D eigenvalue weighted by Crippen LogP contribution is -2.20. The molecule has 1 N–H and O–H groups in total. The van der Waals surface area contributed by atoms with Gasteiger partial charge in [-0.1, -0.05) is 18.2 Å². The van der Waals surface area contributed by atoms with Gasteiger partial charge in [0.2, 0.25) is 5.88 Å². The molecule has 0 radical (unpaired) electrons. The first-order valence-corrected chi connectivity index (χ1v) is 10.4. The zero-order valence-corrected chi connectivity index (χ0v) is 18.9. The Kier molecular flexibility index (Phi) is 6.74. The summed E-state index contributed by atoms with van der Waals surface area (Å²) in [7, 11) is 3.01. The molecule has 9 heteroatoms. The Balaban J connectivity index is 1.78. The maximum atomic E-state index is 13.3. The molecule has 9 nitrogen and oxygen atoms in total. The molecule has 0 spiro atoms. The number of anilines is 1. The van der Waals surface area contributed by atoms with Gasteiger partial charge < -0.3 is 19.5 Å². The number of para-hydroxylation sites is 2. The third kappa shape index (κ3) is 4.96. The van der Waals surface area contributed by atoms with Crippen LogP contribution in [0.15, 0.2) is 83.3 Å². The Morgan fingerprint density at radius 3 is 2.43 bits per heavy atom. The lowest BCUT2D eigenvalue weighted by atomic mass is 10.1. The van der Waals surface area contributed by atoms with Crippen LogP contribution in [0.2, 0.25) is 0 Å². The van der Waals surface area contributed by atoms with E-state index in [2.05, 4.69) is 10.3 Å². The van der Waals surface area contributed by atoms with E-state index < -0.39 is 11.5 Å². The first-order chi connectivity index (χ1) is 17.0. The van der Waals surface area contributed by atoms with Gasteiger partial charge in [0.05, 0.1) is 19.9 Å². The Morgan fingerprint density at radius 2 is 1.71 bits per heavy atom. The van der Waals surface area contributed by atoms with Gasteiger partial charge in [0.15, 0.2) is 0 Å². The van der Waals surface area contributed by atoms with Gasteiger partial charge in [-0.3, -0.25) is 14.0 Å². The Morgan fingerprint density at radius 1 is 1.00 bits per heavy atom. The van der Waals surface area contributed by atoms with Crippen LogP contribution in [0, 0.1) is 11.3 Å². The molecule has 0 saturated heterocycles. The van der Waals surface area contributed by atoms with Crippen LogP contribution in [0.4, 0.5) is 5.69 Å². The van der Waals surface area contributed by atoms with E-state index in [1.54, 1.807) is 80.0 Å². The predicted octanol–water partition coefficient (Wildman–Crippen LogP) is 4.05. The molecule has 0 unspecified atom stereocenters. The van der Waals surface area contributed by atoms with E-state index in [-0.39, 0.29) is 17.0 Å². The molecule has 2 heterocycles. The fraction of sp³-hybridized carbons (Fsp3) is 0.0769. The highest BCUT2D eigenvalue weighted by Crippen LogP contribution is 2.27. The zero-order chi connectivity index (χ0) is 24.8. The molecular formula is C26H20N4O5. The summed E-state index contributed by atoms with van der Waals surface area (Å²) in [5, 5.41) is 12.3. The van der Waals surface area contributed by atoms with Crippen molar-refractivity contribution in [3.8, 4) is 29.2 Å². The summed E-state index contributed by atoms with van der Waals surface area (Å²) in [5.41, 5.74) is -0.155. The number of nitrogens with one attached hydrogen (secondary N) is 1. The molecule has 0 saturated carbocycles. The number of carbonyl (C=O) groups excluding carboxylic acids is 1. The largest absolute Gasteiger partial charge is 0.497 e. The molecule has 0 aliphatic heterocycles. The van der Waals surface area contributed by atoms with E-state index in [0.29, 0.717) is 28.6 Å². The third-order valence-electron chi connectivity index (χ3n) is 5.02. The number of carbonyl (C=O) groups is 1. The molecule has 0 aliphatic carbocycles. The molecule has 35 heavy (non-hydrogen) atoms. The number of nitrogens with zero attached hydrogens (tertiary/aromatic N) is 3. The van der Waals surface area contributed by atoms with Gasteiger partial charge in [-0.05, 0) is 54.6 Å². The van der Waals surface area contributed by atoms with Gasteiger partial charge in [-0.25, -0.2) is 0 Å². The number of aromatic nitrogens is 2. The fourth-order valence-electron chi connectivity index (χ4n) is 3.27. The normalized spacial score (nSPS) is 10.9. The van der Waals surface area contributed by atoms with Crippen LogP contribution in [0.1, 0.15) is 5.56 Å². The smallest absolute Gasteiger partial charge is 0.269 e. The molecule has 2 aromatic heterocycles. The van der Waals surface area contributed by atoms with Gasteiger partial charge in [0, 0.05) is 6.20 Å². The summed E-state index contributed by atoms with van der Waals surface area (Å²) in [6.45, 7) is 0. The van der Waals surface area contributed by atoms with Gasteiger partial charge in [-0.15, -0.1) is 0 Å². The minimum absolute atomic E-state index is 0.0517. The molecule has 0 aliphatic rings. The van der Waals surface area contributed by atoms with Crippen molar-refractivity contribution in [2.24, 2.45) is 0 Å². The number of benzene rings is 2. The van der Waals surface area contributed by atoms with Crippen molar-refractivity contribution >= 4 is 23.3 Å². The molecule has 0 fully saturated rings. The summed E-state index contributed by atoms with van der Waals surface area (Å²) < 4.78 is 17.6. The highest BCUT2D eigenvalue weighted by atomic mass is 16.5. The standard InChI is InChI=1S/C26H20N4O5/c1-33-18-10-12-19(13-11-18)35-25-20(26(32)30-14-6-5-9-23(30)29-25)15-17(16-27)24(31)28-21-7-3-4-8-22(21)34-2/h3-15H,1-2H3,(H,28,31)/b17-15-. The fourth-order valence-corrected chi connectivity index (χ4v) is 3.27. The summed E-state index contributed by atoms with van der Waals surface area (Å²) in [5.74, 6) is 0.677. The van der Waals surface area contributed by atoms with Crippen molar-refractivity contribution in [3.05, 3.63) is 94.4 Å². The van der Waals surface area contributed by atoms with Gasteiger partial charge in [-0.2, -0.15) is 10.2 Å². The summed E-state index contributed by atoms with van der Waals surface area (Å²) in [6.07, 6.45) is 2.71. The van der Waals surface area contributed by atoms with Crippen molar-refractivity contribution in [2.45, 2.75) is 0 Å². The van der Waals surface area contributed by atoms with Crippen molar-refractivity contribution in [1.29, 1.82) is 5.26 Å². The lowest BCUT2D eigenvalue weighted by Gasteiger charge is -2.11. The summed E-state index contributed by atoms with van der Waals surface area (Å²) in [4.78, 5) is 30.6. The van der Waals surface area contributed by atoms with E-state index in [0.717, 1.165) is 0 Å². The first-order valence-electron chi connectivity index (χ1n) is 10.4. The van der Waals surface area contributed by atoms with Crippen LogP contribution in [-0.2, 0) is 4.79 Å². The molecule has 0 bridgehead atoms. The van der Waals surface area contributed by atoms with Gasteiger partial charge in [0.25, 0.3) is 11.5 Å². The quantitative estimate of drug-likeness (QED) is 0.321. The van der Waals surface area contributed by atoms with Gasteiger partial charge >= 0.3 is 0 Å². The average Bonchev–Trinajstić information content (AvgIpc) is 2.89. The molecule has 1 amide bonds. The SMILES string of the molecule is COc1ccc(Oc2nc3ccccn3c(=O)c2/C=C(/C#N)C(=O)Nc2ccccc2OC)cc1. The Bertz CT molecular complexity index is 1520. The zero-order valence-electron chi connectivity index (χ0n) is 18.9. The number of fused-ring (bicyclic) bond motifs is 1. The molecular weight excluding hydrogens is 448 g/mol. The highest BCUT2D eigenvalue weighted by molar-refractivity contribution is 6.10. The second-order valence-corrected chi connectivity index (χ2v) is 7.17. The van der Waals surface area contributed by atoms with E-state index in [4.69, 9.17) is 14.2 Å². The molecule has 4 rings (SSSR count). The van der Waals surface area contributed by atoms with Crippen LogP contribution in [0.25, 0.3) is 11.7 Å². The third-order valence-corrected chi connectivity index (χ3v) is 5.02. The van der Waals surface area contributed by atoms with E-state index >= 15 is 0 Å². The van der Waals surface area contributed by atoms with Crippen LogP contribution in [0.5, 0.6) is 23.1 Å². The number of amides is 1. The van der Waals surface area contributed by atoms with Crippen molar-refractivity contribution < 1.29 is 19.0 Å². The van der Waals surface area contributed by atoms with E-state index in [9.17, 15) is 14.9 Å². The molecule has 0 atom stereocenters. The number of nitriles is 1.